The maximum atomic E-state index is 14.8. The summed E-state index contributed by atoms with van der Waals surface area (Å²) >= 11 is 7.87. The zero-order valence-electron chi connectivity index (χ0n) is 21.9. The quantitative estimate of drug-likeness (QED) is 0.434. The highest BCUT2D eigenvalue weighted by Gasteiger charge is 2.42. The van der Waals surface area contributed by atoms with Crippen LogP contribution < -0.4 is 10.6 Å². The number of carbonyl (C=O) groups excluding carboxylic acids is 4. The molecule has 0 radical (unpaired) electrons. The maximum absolute atomic E-state index is 14.8. The molecule has 0 bridgehead atoms. The molecule has 3 aromatic rings. The number of hydrogen-bond donors (Lipinski definition) is 2. The summed E-state index contributed by atoms with van der Waals surface area (Å²) in [5.41, 5.74) is 5.80. The van der Waals surface area contributed by atoms with Gasteiger partial charge < -0.3 is 15.0 Å². The molecule has 210 valence electrons. The summed E-state index contributed by atoms with van der Waals surface area (Å²) in [6.45, 7) is 1.87. The van der Waals surface area contributed by atoms with E-state index in [1.165, 1.54) is 58.8 Å². The number of benzene rings is 1. The Labute approximate surface area is 238 Å². The van der Waals surface area contributed by atoms with Gasteiger partial charge >= 0.3 is 6.09 Å². The van der Waals surface area contributed by atoms with Gasteiger partial charge in [-0.3, -0.25) is 24.7 Å². The zero-order chi connectivity index (χ0) is 28.6. The first-order valence-electron chi connectivity index (χ1n) is 12.8. The lowest BCUT2D eigenvalue weighted by molar-refractivity contribution is -0.136. The summed E-state index contributed by atoms with van der Waals surface area (Å²) in [5, 5.41) is 4.65. The van der Waals surface area contributed by atoms with Gasteiger partial charge in [-0.2, -0.15) is 0 Å². The topological polar surface area (TPSA) is 131 Å². The first kappa shape index (κ1) is 27.9. The number of fused-ring (bicyclic) bond motifs is 2. The molecule has 13 heteroatoms. The Balaban J connectivity index is 0.000000192. The molecule has 1 atom stereocenters. The third-order valence-corrected chi connectivity index (χ3v) is 8.62. The number of nitrogens with one attached hydrogen (secondary N) is 2. The Hall–Kier alpha value is -3.64. The lowest BCUT2D eigenvalue weighted by atomic mass is 9.79. The SMILES string of the molecule is COC(=O)NCc1cc(Cl)c2c(c1F)C(=O)N(C1CCC(=O)NC1=O)C2.Cc1ncc2scnc2c1C1CCC1. The summed E-state index contributed by atoms with van der Waals surface area (Å²) < 4.78 is 20.5. The number of nitrogens with zero attached hydrogens (tertiary/aromatic N) is 3. The van der Waals surface area contributed by atoms with Crippen LogP contribution in [0, 0.1) is 12.7 Å². The summed E-state index contributed by atoms with van der Waals surface area (Å²) in [6.07, 6.45) is 5.46. The predicted octanol–water partition coefficient (Wildman–Crippen LogP) is 4.36. The van der Waals surface area contributed by atoms with E-state index in [9.17, 15) is 23.6 Å². The third kappa shape index (κ3) is 5.25. The molecule has 10 nitrogen and oxygen atoms in total. The number of rotatable bonds is 4. The Morgan fingerprint density at radius 1 is 1.27 bits per heavy atom. The van der Waals surface area contributed by atoms with E-state index >= 15 is 0 Å². The van der Waals surface area contributed by atoms with Gasteiger partial charge in [-0.25, -0.2) is 14.2 Å². The van der Waals surface area contributed by atoms with E-state index in [-0.39, 0.29) is 47.6 Å². The average molecular weight is 588 g/mol. The van der Waals surface area contributed by atoms with Gasteiger partial charge in [0.05, 0.1) is 28.4 Å². The number of aromatic nitrogens is 2. The van der Waals surface area contributed by atoms with Gasteiger partial charge in [-0.15, -0.1) is 11.3 Å². The van der Waals surface area contributed by atoms with Crippen molar-refractivity contribution in [2.75, 3.05) is 7.11 Å². The fraction of sp³-hybridized carbons (Fsp3) is 0.407. The van der Waals surface area contributed by atoms with E-state index in [1.807, 2.05) is 11.7 Å². The average Bonchev–Trinajstić information content (AvgIpc) is 3.51. The molecule has 2 fully saturated rings. The molecule has 40 heavy (non-hydrogen) atoms. The molecule has 1 aromatic carbocycles. The van der Waals surface area contributed by atoms with E-state index in [0.29, 0.717) is 0 Å². The highest BCUT2D eigenvalue weighted by Crippen LogP contribution is 2.41. The Morgan fingerprint density at radius 3 is 2.73 bits per heavy atom. The monoisotopic (exact) mass is 587 g/mol. The van der Waals surface area contributed by atoms with Crippen molar-refractivity contribution in [3.8, 4) is 0 Å². The van der Waals surface area contributed by atoms with Crippen molar-refractivity contribution in [2.24, 2.45) is 0 Å². The Kier molecular flexibility index (Phi) is 7.99. The van der Waals surface area contributed by atoms with Crippen molar-refractivity contribution in [1.82, 2.24) is 25.5 Å². The van der Waals surface area contributed by atoms with Gasteiger partial charge in [-0.05, 0) is 38.2 Å². The molecule has 1 saturated heterocycles. The first-order valence-corrected chi connectivity index (χ1v) is 14.1. The second kappa shape index (κ2) is 11.5. The Bertz CT molecular complexity index is 1520. The number of carbonyl (C=O) groups is 4. The third-order valence-electron chi connectivity index (χ3n) is 7.52. The lowest BCUT2D eigenvalue weighted by Gasteiger charge is -2.29. The number of amides is 4. The fourth-order valence-electron chi connectivity index (χ4n) is 5.21. The van der Waals surface area contributed by atoms with Crippen molar-refractivity contribution in [1.29, 1.82) is 0 Å². The van der Waals surface area contributed by atoms with Crippen LogP contribution in [0.25, 0.3) is 10.2 Å². The lowest BCUT2D eigenvalue weighted by Crippen LogP contribution is -2.52. The van der Waals surface area contributed by atoms with Crippen LogP contribution in [0.5, 0.6) is 0 Å². The highest BCUT2D eigenvalue weighted by atomic mass is 35.5. The number of halogens is 2. The molecule has 2 N–H and O–H groups in total. The van der Waals surface area contributed by atoms with Crippen molar-refractivity contribution in [3.05, 3.63) is 56.6 Å². The van der Waals surface area contributed by atoms with E-state index in [2.05, 4.69) is 32.3 Å². The van der Waals surface area contributed by atoms with Crippen LogP contribution in [-0.2, 0) is 27.4 Å². The summed E-state index contributed by atoms with van der Waals surface area (Å²) in [5.74, 6) is -1.75. The second-order valence-corrected chi connectivity index (χ2v) is 11.2. The molecule has 3 aliphatic rings. The van der Waals surface area contributed by atoms with E-state index < -0.39 is 35.7 Å². The largest absolute Gasteiger partial charge is 0.453 e. The number of imide groups is 1. The molecular formula is C27H27ClFN5O5S. The van der Waals surface area contributed by atoms with Gasteiger partial charge in [0.15, 0.2) is 0 Å². The number of ether oxygens (including phenoxy) is 1. The number of hydrogen-bond acceptors (Lipinski definition) is 8. The minimum absolute atomic E-state index is 0.0256. The van der Waals surface area contributed by atoms with Crippen LogP contribution in [0.3, 0.4) is 0 Å². The normalized spacial score (nSPS) is 18.6. The molecule has 1 unspecified atom stereocenters. The van der Waals surface area contributed by atoms with Gasteiger partial charge in [0.2, 0.25) is 11.8 Å². The summed E-state index contributed by atoms with van der Waals surface area (Å²) in [6, 6.07) is 0.465. The number of methoxy groups -OCH3 is 1. The van der Waals surface area contributed by atoms with Crippen LogP contribution >= 0.6 is 22.9 Å². The molecule has 1 saturated carbocycles. The van der Waals surface area contributed by atoms with Gasteiger partial charge in [0.1, 0.15) is 11.9 Å². The van der Waals surface area contributed by atoms with Crippen LogP contribution in [0.15, 0.2) is 17.8 Å². The van der Waals surface area contributed by atoms with Crippen molar-refractivity contribution < 1.29 is 28.3 Å². The van der Waals surface area contributed by atoms with Crippen LogP contribution in [0.4, 0.5) is 9.18 Å². The molecule has 1 aliphatic carbocycles. The first-order chi connectivity index (χ1) is 19.2. The Morgan fingerprint density at radius 2 is 2.05 bits per heavy atom. The predicted molar refractivity (Wildman–Crippen MR) is 145 cm³/mol. The minimum Gasteiger partial charge on any atom is -0.453 e. The van der Waals surface area contributed by atoms with E-state index in [1.54, 1.807) is 11.3 Å². The molecule has 2 aromatic heterocycles. The number of piperidine rings is 1. The molecule has 0 spiro atoms. The minimum atomic E-state index is -0.861. The molecule has 4 heterocycles. The van der Waals surface area contributed by atoms with Gasteiger partial charge in [-0.1, -0.05) is 18.0 Å². The summed E-state index contributed by atoms with van der Waals surface area (Å²) in [7, 11) is 1.17. The molecule has 2 aliphatic heterocycles. The zero-order valence-corrected chi connectivity index (χ0v) is 23.5. The van der Waals surface area contributed by atoms with Gasteiger partial charge in [0.25, 0.3) is 5.91 Å². The molecular weight excluding hydrogens is 561 g/mol. The fourth-order valence-corrected chi connectivity index (χ4v) is 6.16. The van der Waals surface area contributed by atoms with Crippen molar-refractivity contribution in [2.45, 2.75) is 64.1 Å². The molecule has 4 amide bonds. The molecule has 6 rings (SSSR count). The van der Waals surface area contributed by atoms with E-state index in [0.717, 1.165) is 5.92 Å². The number of thiazole rings is 1. The van der Waals surface area contributed by atoms with Crippen LogP contribution in [-0.4, -0.2) is 51.8 Å². The number of alkyl carbamates (subject to hydrolysis) is 1. The standard InChI is InChI=1S/C16H15ClFN3O5.C11H12N2S/c1-26-16(25)19-5-7-4-9(17)8-6-21(15(24)12(8)13(7)18)10-2-3-11(22)20-14(10)23;1-7-10(8-3-2-4-8)11-9(5-12-7)14-6-13-11/h4,10H,2-3,5-6H2,1H3,(H,19,25)(H,20,22,23);5-6,8H,2-4H2,1H3. The van der Waals surface area contributed by atoms with E-state index in [4.69, 9.17) is 11.6 Å². The number of aryl methyl sites for hydroxylation is 1. The van der Waals surface area contributed by atoms with Crippen molar-refractivity contribution in [3.63, 3.8) is 0 Å². The van der Waals surface area contributed by atoms with Gasteiger partial charge in [0, 0.05) is 53.1 Å². The van der Waals surface area contributed by atoms with Crippen molar-refractivity contribution >= 4 is 57.0 Å². The number of pyridine rings is 1. The second-order valence-electron chi connectivity index (χ2n) is 9.88. The smallest absolute Gasteiger partial charge is 0.407 e. The highest BCUT2D eigenvalue weighted by molar-refractivity contribution is 7.16. The summed E-state index contributed by atoms with van der Waals surface area (Å²) in [4.78, 5) is 57.3. The maximum Gasteiger partial charge on any atom is 0.407 e. The van der Waals surface area contributed by atoms with Crippen LogP contribution in [0.1, 0.15) is 70.8 Å². The van der Waals surface area contributed by atoms with Crippen LogP contribution in [0.2, 0.25) is 5.02 Å².